The van der Waals surface area contributed by atoms with Crippen LogP contribution in [0.4, 0.5) is 13.2 Å². The van der Waals surface area contributed by atoms with Crippen molar-refractivity contribution < 1.29 is 23.1 Å². The lowest BCUT2D eigenvalue weighted by atomic mass is 9.97. The van der Waals surface area contributed by atoms with Gasteiger partial charge in [0.15, 0.2) is 0 Å². The molecule has 0 aliphatic rings. The lowest BCUT2D eigenvalue weighted by Gasteiger charge is -2.10. The maximum Gasteiger partial charge on any atom is 0.416 e. The molecule has 1 aromatic heterocycles. The number of rotatable bonds is 4. The lowest BCUT2D eigenvalue weighted by molar-refractivity contribution is -0.137. The van der Waals surface area contributed by atoms with E-state index in [1.54, 1.807) is 24.5 Å². The van der Waals surface area contributed by atoms with E-state index in [1.165, 1.54) is 24.3 Å². The number of benzene rings is 1. The second-order valence-electron chi connectivity index (χ2n) is 4.59. The monoisotopic (exact) mass is 319 g/mol. The van der Waals surface area contributed by atoms with E-state index in [2.05, 4.69) is 4.98 Å². The molecule has 0 aliphatic heterocycles. The quantitative estimate of drug-likeness (QED) is 0.679. The van der Waals surface area contributed by atoms with Gasteiger partial charge < -0.3 is 5.11 Å². The molecule has 1 aromatic carbocycles. The van der Waals surface area contributed by atoms with Crippen molar-refractivity contribution in [1.82, 2.24) is 4.98 Å². The first kappa shape index (κ1) is 16.5. The van der Waals surface area contributed by atoms with Crippen LogP contribution in [0.5, 0.6) is 0 Å². The first-order chi connectivity index (χ1) is 10.9. The summed E-state index contributed by atoms with van der Waals surface area (Å²) in [4.78, 5) is 14.5. The van der Waals surface area contributed by atoms with Gasteiger partial charge in [-0.3, -0.25) is 4.98 Å². The van der Waals surface area contributed by atoms with Crippen LogP contribution in [0.2, 0.25) is 0 Å². The molecule has 3 nitrogen and oxygen atoms in total. The van der Waals surface area contributed by atoms with E-state index in [9.17, 15) is 18.0 Å². The van der Waals surface area contributed by atoms with Gasteiger partial charge >= 0.3 is 12.1 Å². The standard InChI is InChI=1S/C17H12F3NO2/c18-17(19,20)14-8-6-12(7-9-14)15(4-1-5-16(22)23)13-3-2-10-21-11-13/h1-11H,(H,22,23). The number of carboxylic acid groups (broad SMARTS) is 1. The van der Waals surface area contributed by atoms with Crippen LogP contribution >= 0.6 is 0 Å². The summed E-state index contributed by atoms with van der Waals surface area (Å²) in [5.74, 6) is -1.11. The fourth-order valence-electron chi connectivity index (χ4n) is 1.95. The Morgan fingerprint density at radius 1 is 1.09 bits per heavy atom. The van der Waals surface area contributed by atoms with Gasteiger partial charge in [0.1, 0.15) is 0 Å². The molecule has 0 radical (unpaired) electrons. The van der Waals surface area contributed by atoms with Crippen molar-refractivity contribution in [3.8, 4) is 0 Å². The Morgan fingerprint density at radius 3 is 2.30 bits per heavy atom. The van der Waals surface area contributed by atoms with E-state index in [0.717, 1.165) is 18.2 Å². The number of carboxylic acids is 1. The average Bonchev–Trinajstić information content (AvgIpc) is 2.51. The van der Waals surface area contributed by atoms with E-state index in [0.29, 0.717) is 16.7 Å². The predicted molar refractivity (Wildman–Crippen MR) is 79.5 cm³/mol. The Hall–Kier alpha value is -2.89. The molecule has 0 bridgehead atoms. The molecular weight excluding hydrogens is 307 g/mol. The highest BCUT2D eigenvalue weighted by Crippen LogP contribution is 2.31. The zero-order chi connectivity index (χ0) is 16.9. The van der Waals surface area contributed by atoms with Crippen LogP contribution < -0.4 is 0 Å². The van der Waals surface area contributed by atoms with Gasteiger partial charge in [0.05, 0.1) is 5.56 Å². The molecule has 0 saturated heterocycles. The Labute approximate surface area is 130 Å². The third kappa shape index (κ3) is 4.54. The molecule has 1 heterocycles. The molecule has 0 atom stereocenters. The molecule has 0 amide bonds. The van der Waals surface area contributed by atoms with E-state index in [-0.39, 0.29) is 0 Å². The van der Waals surface area contributed by atoms with Gasteiger partial charge in [-0.1, -0.05) is 30.4 Å². The molecule has 23 heavy (non-hydrogen) atoms. The number of halogens is 3. The molecule has 0 unspecified atom stereocenters. The van der Waals surface area contributed by atoms with Crippen LogP contribution in [-0.4, -0.2) is 16.1 Å². The Bertz CT molecular complexity index is 733. The summed E-state index contributed by atoms with van der Waals surface area (Å²) in [6.07, 6.45) is 2.51. The molecule has 0 spiro atoms. The molecule has 0 aliphatic carbocycles. The number of nitrogens with zero attached hydrogens (tertiary/aromatic N) is 1. The average molecular weight is 319 g/mol. The van der Waals surface area contributed by atoms with E-state index < -0.39 is 17.7 Å². The third-order valence-electron chi connectivity index (χ3n) is 3.00. The van der Waals surface area contributed by atoms with E-state index >= 15 is 0 Å². The zero-order valence-electron chi connectivity index (χ0n) is 11.8. The number of hydrogen-bond donors (Lipinski definition) is 1. The molecule has 6 heteroatoms. The van der Waals surface area contributed by atoms with Gasteiger partial charge in [-0.2, -0.15) is 13.2 Å². The van der Waals surface area contributed by atoms with Gasteiger partial charge in [0.25, 0.3) is 0 Å². The van der Waals surface area contributed by atoms with Gasteiger partial charge in [0.2, 0.25) is 0 Å². The molecule has 0 saturated carbocycles. The van der Waals surface area contributed by atoms with Crippen molar-refractivity contribution in [3.05, 3.63) is 83.7 Å². The highest BCUT2D eigenvalue weighted by Gasteiger charge is 2.30. The van der Waals surface area contributed by atoms with Crippen LogP contribution in [0.1, 0.15) is 16.7 Å². The fourth-order valence-corrected chi connectivity index (χ4v) is 1.95. The van der Waals surface area contributed by atoms with Crippen molar-refractivity contribution in [1.29, 1.82) is 0 Å². The van der Waals surface area contributed by atoms with Crippen LogP contribution in [-0.2, 0) is 11.0 Å². The van der Waals surface area contributed by atoms with E-state index in [4.69, 9.17) is 5.11 Å². The number of carbonyl (C=O) groups is 1. The van der Waals surface area contributed by atoms with Crippen molar-refractivity contribution >= 4 is 11.5 Å². The minimum atomic E-state index is -4.40. The molecule has 1 N–H and O–H groups in total. The largest absolute Gasteiger partial charge is 0.478 e. The predicted octanol–water partition coefficient (Wildman–Crippen LogP) is 4.17. The maximum absolute atomic E-state index is 12.6. The topological polar surface area (TPSA) is 50.2 Å². The van der Waals surface area contributed by atoms with Crippen LogP contribution in [0.15, 0.2) is 67.0 Å². The highest BCUT2D eigenvalue weighted by molar-refractivity contribution is 5.83. The van der Waals surface area contributed by atoms with Gasteiger partial charge in [0, 0.05) is 24.0 Å². The van der Waals surface area contributed by atoms with E-state index in [1.807, 2.05) is 0 Å². The lowest BCUT2D eigenvalue weighted by Crippen LogP contribution is -2.04. The number of pyridine rings is 1. The minimum absolute atomic E-state index is 0.529. The summed E-state index contributed by atoms with van der Waals surface area (Å²) < 4.78 is 37.9. The molecular formula is C17H12F3NO2. The first-order valence-corrected chi connectivity index (χ1v) is 6.57. The van der Waals surface area contributed by atoms with Crippen molar-refractivity contribution in [3.63, 3.8) is 0 Å². The van der Waals surface area contributed by atoms with Gasteiger partial charge in [-0.15, -0.1) is 0 Å². The molecule has 2 rings (SSSR count). The summed E-state index contributed by atoms with van der Waals surface area (Å²) in [5, 5.41) is 8.64. The number of allylic oxidation sites excluding steroid dienone is 2. The summed E-state index contributed by atoms with van der Waals surface area (Å²) in [5.41, 5.74) is 1.03. The Kier molecular flexibility index (Phi) is 4.95. The fraction of sp³-hybridized carbons (Fsp3) is 0.0588. The van der Waals surface area contributed by atoms with Crippen LogP contribution in [0, 0.1) is 0 Å². The van der Waals surface area contributed by atoms with Crippen molar-refractivity contribution in [2.24, 2.45) is 0 Å². The zero-order valence-corrected chi connectivity index (χ0v) is 11.8. The van der Waals surface area contributed by atoms with Gasteiger partial charge in [-0.25, -0.2) is 4.79 Å². The third-order valence-corrected chi connectivity index (χ3v) is 3.00. The Balaban J connectivity index is 2.44. The molecule has 0 fully saturated rings. The summed E-state index contributed by atoms with van der Waals surface area (Å²) in [6.45, 7) is 0. The summed E-state index contributed by atoms with van der Waals surface area (Å²) in [7, 11) is 0. The summed E-state index contributed by atoms with van der Waals surface area (Å²) >= 11 is 0. The maximum atomic E-state index is 12.6. The number of aromatic nitrogens is 1. The normalized spacial score (nSPS) is 12.6. The number of aliphatic carboxylic acids is 1. The second kappa shape index (κ2) is 6.91. The first-order valence-electron chi connectivity index (χ1n) is 6.57. The highest BCUT2D eigenvalue weighted by atomic mass is 19.4. The van der Waals surface area contributed by atoms with Crippen molar-refractivity contribution in [2.45, 2.75) is 6.18 Å². The molecule has 118 valence electrons. The smallest absolute Gasteiger partial charge is 0.416 e. The Morgan fingerprint density at radius 2 is 1.78 bits per heavy atom. The summed E-state index contributed by atoms with van der Waals surface area (Å²) in [6, 6.07) is 8.09. The number of alkyl halides is 3. The second-order valence-corrected chi connectivity index (χ2v) is 4.59. The van der Waals surface area contributed by atoms with Crippen LogP contribution in [0.3, 0.4) is 0 Å². The SMILES string of the molecule is O=C(O)C=CC=C(c1ccc(C(F)(F)F)cc1)c1cccnc1. The van der Waals surface area contributed by atoms with Crippen LogP contribution in [0.25, 0.3) is 5.57 Å². The van der Waals surface area contributed by atoms with Gasteiger partial charge in [-0.05, 0) is 29.3 Å². The van der Waals surface area contributed by atoms with Crippen molar-refractivity contribution in [2.75, 3.05) is 0 Å². The number of hydrogen-bond acceptors (Lipinski definition) is 2. The molecule has 2 aromatic rings. The minimum Gasteiger partial charge on any atom is -0.478 e.